The Morgan fingerprint density at radius 2 is 0.524 bits per heavy atom. The second-order valence-electron chi connectivity index (χ2n) is 4.82. The van der Waals surface area contributed by atoms with Crippen LogP contribution >= 0.6 is 0 Å². The highest BCUT2D eigenvalue weighted by Gasteiger charge is 1.75. The molecule has 0 aromatic heterocycles. The second-order valence-corrected chi connectivity index (χ2v) is 4.82. The van der Waals surface area contributed by atoms with E-state index in [9.17, 15) is 0 Å². The zero-order valence-electron chi connectivity index (χ0n) is 13.9. The maximum absolute atomic E-state index is 2.23. The molecular weight excluding hydrogens is 252 g/mol. The summed E-state index contributed by atoms with van der Waals surface area (Å²) in [4.78, 5) is 0. The fourth-order valence-corrected chi connectivity index (χ4v) is 1.69. The van der Waals surface area contributed by atoms with Gasteiger partial charge in [0.25, 0.3) is 0 Å². The summed E-state index contributed by atoms with van der Waals surface area (Å²) < 4.78 is 0. The third-order valence-electron chi connectivity index (χ3n) is 2.83. The minimum absolute atomic E-state index is 1.03. The average molecular weight is 284 g/mol. The molecule has 0 heteroatoms. The van der Waals surface area contributed by atoms with Gasteiger partial charge in [-0.3, -0.25) is 0 Å². The topological polar surface area (TPSA) is 0 Å². The molecule has 0 aliphatic carbocycles. The van der Waals surface area contributed by atoms with Gasteiger partial charge < -0.3 is 0 Å². The van der Waals surface area contributed by atoms with Crippen molar-refractivity contribution in [2.24, 2.45) is 0 Å². The first kappa shape index (κ1) is 19.4. The van der Waals surface area contributed by atoms with Gasteiger partial charge in [0.05, 0.1) is 0 Å². The van der Waals surface area contributed by atoms with Crippen LogP contribution in [-0.2, 0) is 0 Å². The van der Waals surface area contributed by atoms with Crippen LogP contribution in [0.25, 0.3) is 0 Å². The Bertz CT molecular complexity index is 325. The molecule has 0 saturated heterocycles. The predicted molar refractivity (Wildman–Crippen MR) is 98.5 cm³/mol. The molecule has 0 nitrogen and oxygen atoms in total. The molecule has 0 atom stereocenters. The summed E-state index contributed by atoms with van der Waals surface area (Å²) in [6.45, 7) is 4.32. The summed E-state index contributed by atoms with van der Waals surface area (Å²) in [5.74, 6) is 0. The van der Waals surface area contributed by atoms with Gasteiger partial charge in [-0.05, 0) is 44.9 Å². The van der Waals surface area contributed by atoms with Crippen molar-refractivity contribution in [1.29, 1.82) is 0 Å². The van der Waals surface area contributed by atoms with E-state index in [0.29, 0.717) is 0 Å². The molecule has 0 aliphatic rings. The fourth-order valence-electron chi connectivity index (χ4n) is 1.69. The summed E-state index contributed by atoms with van der Waals surface area (Å²) in [7, 11) is 0. The highest BCUT2D eigenvalue weighted by molar-refractivity contribution is 5.01. The Morgan fingerprint density at radius 3 is 0.714 bits per heavy atom. The normalized spacial score (nSPS) is 13.4. The summed E-state index contributed by atoms with van der Waals surface area (Å²) in [6, 6.07) is 0. The van der Waals surface area contributed by atoms with Crippen LogP contribution in [0.2, 0.25) is 0 Å². The van der Waals surface area contributed by atoms with E-state index in [-0.39, 0.29) is 0 Å². The molecule has 0 radical (unpaired) electrons. The molecule has 0 N–H and O–H groups in total. The van der Waals surface area contributed by atoms with Crippen molar-refractivity contribution in [3.8, 4) is 0 Å². The summed E-state index contributed by atoms with van der Waals surface area (Å²) in [6.07, 6.45) is 34.2. The van der Waals surface area contributed by atoms with Crippen LogP contribution in [-0.4, -0.2) is 0 Å². The lowest BCUT2D eigenvalue weighted by molar-refractivity contribution is 1.19. The third-order valence-corrected chi connectivity index (χ3v) is 2.83. The Hall–Kier alpha value is -1.56. The average Bonchev–Trinajstić information content (AvgIpc) is 2.50. The molecule has 0 bridgehead atoms. The van der Waals surface area contributed by atoms with E-state index in [1.807, 2.05) is 0 Å². The van der Waals surface area contributed by atoms with Crippen LogP contribution in [0, 0.1) is 0 Å². The summed E-state index contributed by atoms with van der Waals surface area (Å²) in [5.41, 5.74) is 0. The van der Waals surface area contributed by atoms with Gasteiger partial charge in [0.2, 0.25) is 0 Å². The van der Waals surface area contributed by atoms with Gasteiger partial charge in [0, 0.05) is 0 Å². The van der Waals surface area contributed by atoms with E-state index in [4.69, 9.17) is 0 Å². The SMILES string of the molecule is CCC=CCC=CCC=CCC=CCC=CCC=CCC. The zero-order valence-corrected chi connectivity index (χ0v) is 13.9. The van der Waals surface area contributed by atoms with E-state index >= 15 is 0 Å². The molecule has 0 unspecified atom stereocenters. The highest BCUT2D eigenvalue weighted by atomic mass is 13.8. The van der Waals surface area contributed by atoms with Crippen LogP contribution in [0.1, 0.15) is 58.8 Å². The Kier molecular flexibility index (Phi) is 17.1. The van der Waals surface area contributed by atoms with Crippen LogP contribution in [0.15, 0.2) is 72.9 Å². The van der Waals surface area contributed by atoms with Crippen molar-refractivity contribution in [1.82, 2.24) is 0 Å². The van der Waals surface area contributed by atoms with Crippen molar-refractivity contribution in [2.75, 3.05) is 0 Å². The molecule has 0 fully saturated rings. The molecule has 0 saturated carbocycles. The monoisotopic (exact) mass is 284 g/mol. The van der Waals surface area contributed by atoms with Gasteiger partial charge in [-0.25, -0.2) is 0 Å². The van der Waals surface area contributed by atoms with E-state index in [2.05, 4.69) is 86.8 Å². The predicted octanol–water partition coefficient (Wildman–Crippen LogP) is 7.09. The maximum atomic E-state index is 2.23. The standard InChI is InChI=1S/C21H32/c1-3-5-7-9-11-13-15-17-19-21-20-18-16-14-12-10-8-6-4-2/h5-8,11-14,17-20H,3-4,9-10,15-16,21H2,1-2H3. The zero-order chi connectivity index (χ0) is 15.4. The number of allylic oxidation sites excluding steroid dienone is 12. The van der Waals surface area contributed by atoms with Crippen molar-refractivity contribution < 1.29 is 0 Å². The molecule has 21 heavy (non-hydrogen) atoms. The first-order valence-corrected chi connectivity index (χ1v) is 8.31. The van der Waals surface area contributed by atoms with E-state index in [0.717, 1.165) is 44.9 Å². The fraction of sp³-hybridized carbons (Fsp3) is 0.429. The van der Waals surface area contributed by atoms with Gasteiger partial charge in [-0.2, -0.15) is 0 Å². The molecule has 0 aromatic carbocycles. The summed E-state index contributed by atoms with van der Waals surface area (Å²) in [5, 5.41) is 0. The van der Waals surface area contributed by atoms with Gasteiger partial charge in [-0.1, -0.05) is 86.8 Å². The molecule has 0 amide bonds. The molecular formula is C21H32. The van der Waals surface area contributed by atoms with Crippen LogP contribution < -0.4 is 0 Å². The number of rotatable bonds is 12. The van der Waals surface area contributed by atoms with E-state index in [1.165, 1.54) is 0 Å². The lowest BCUT2D eigenvalue weighted by Gasteiger charge is -1.85. The van der Waals surface area contributed by atoms with Crippen molar-refractivity contribution >= 4 is 0 Å². The first-order valence-electron chi connectivity index (χ1n) is 8.31. The second kappa shape index (κ2) is 18.4. The minimum Gasteiger partial charge on any atom is -0.0885 e. The Labute approximate surface area is 132 Å². The molecule has 0 rings (SSSR count). The quantitative estimate of drug-likeness (QED) is 0.335. The Morgan fingerprint density at radius 1 is 0.333 bits per heavy atom. The highest BCUT2D eigenvalue weighted by Crippen LogP contribution is 1.96. The lowest BCUT2D eigenvalue weighted by Crippen LogP contribution is -1.64. The maximum Gasteiger partial charge on any atom is -0.0169 e. The summed E-state index contributed by atoms with van der Waals surface area (Å²) >= 11 is 0. The van der Waals surface area contributed by atoms with Crippen LogP contribution in [0.5, 0.6) is 0 Å². The van der Waals surface area contributed by atoms with Crippen LogP contribution in [0.3, 0.4) is 0 Å². The smallest absolute Gasteiger partial charge is 0.0169 e. The minimum atomic E-state index is 1.03. The number of hydrogen-bond donors (Lipinski definition) is 0. The molecule has 0 heterocycles. The first-order chi connectivity index (χ1) is 10.4. The number of hydrogen-bond acceptors (Lipinski definition) is 0. The largest absolute Gasteiger partial charge is 0.0885 e. The van der Waals surface area contributed by atoms with Gasteiger partial charge in [0.1, 0.15) is 0 Å². The van der Waals surface area contributed by atoms with E-state index in [1.54, 1.807) is 0 Å². The molecule has 116 valence electrons. The van der Waals surface area contributed by atoms with Crippen LogP contribution in [0.4, 0.5) is 0 Å². The van der Waals surface area contributed by atoms with E-state index < -0.39 is 0 Å². The lowest BCUT2D eigenvalue weighted by atomic mass is 10.2. The van der Waals surface area contributed by atoms with Crippen molar-refractivity contribution in [3.63, 3.8) is 0 Å². The third kappa shape index (κ3) is 18.4. The van der Waals surface area contributed by atoms with Gasteiger partial charge in [-0.15, -0.1) is 0 Å². The van der Waals surface area contributed by atoms with Crippen molar-refractivity contribution in [3.05, 3.63) is 72.9 Å². The Balaban J connectivity index is 3.47. The van der Waals surface area contributed by atoms with Gasteiger partial charge in [0.15, 0.2) is 0 Å². The van der Waals surface area contributed by atoms with Gasteiger partial charge >= 0.3 is 0 Å². The molecule has 0 aromatic rings. The molecule has 0 spiro atoms. The molecule has 0 aliphatic heterocycles. The van der Waals surface area contributed by atoms with Crippen molar-refractivity contribution in [2.45, 2.75) is 58.8 Å².